The summed E-state index contributed by atoms with van der Waals surface area (Å²) in [7, 11) is -2.83. The average molecular weight is 669 g/mol. The Hall–Kier alpha value is -4.05. The summed E-state index contributed by atoms with van der Waals surface area (Å²) >= 11 is 12.5. The number of methoxy groups -OCH3 is 1. The summed E-state index contributed by atoms with van der Waals surface area (Å²) in [6, 6.07) is 26.3. The highest BCUT2D eigenvalue weighted by Crippen LogP contribution is 2.34. The molecule has 0 radical (unpaired) electrons. The van der Waals surface area contributed by atoms with Crippen LogP contribution in [0.2, 0.25) is 10.0 Å². The third kappa shape index (κ3) is 8.36. The Bertz CT molecular complexity index is 1740. The summed E-state index contributed by atoms with van der Waals surface area (Å²) in [5.41, 5.74) is 2.41. The summed E-state index contributed by atoms with van der Waals surface area (Å²) < 4.78 is 35.0. The molecule has 0 aliphatic carbocycles. The molecule has 45 heavy (non-hydrogen) atoms. The van der Waals surface area contributed by atoms with E-state index < -0.39 is 28.5 Å². The van der Waals surface area contributed by atoms with Gasteiger partial charge in [0.25, 0.3) is 10.0 Å². The number of carbonyl (C=O) groups is 2. The molecule has 0 aliphatic heterocycles. The molecule has 0 aromatic heterocycles. The highest BCUT2D eigenvalue weighted by molar-refractivity contribution is 7.92. The molecule has 236 valence electrons. The van der Waals surface area contributed by atoms with Crippen molar-refractivity contribution in [3.63, 3.8) is 0 Å². The lowest BCUT2D eigenvalue weighted by Crippen LogP contribution is -2.53. The number of halogens is 2. The van der Waals surface area contributed by atoms with Gasteiger partial charge >= 0.3 is 0 Å². The maximum atomic E-state index is 14.5. The van der Waals surface area contributed by atoms with E-state index in [2.05, 4.69) is 5.32 Å². The molecular weight excluding hydrogens is 633 g/mol. The van der Waals surface area contributed by atoms with E-state index in [0.29, 0.717) is 17.1 Å². The number of sulfonamides is 1. The Labute approximate surface area is 274 Å². The minimum Gasteiger partial charge on any atom is -0.495 e. The van der Waals surface area contributed by atoms with Crippen LogP contribution in [0.1, 0.15) is 23.6 Å². The van der Waals surface area contributed by atoms with Crippen LogP contribution in [-0.4, -0.2) is 51.4 Å². The van der Waals surface area contributed by atoms with Crippen LogP contribution in [0.4, 0.5) is 5.69 Å². The fourth-order valence-electron chi connectivity index (χ4n) is 4.91. The van der Waals surface area contributed by atoms with Gasteiger partial charge in [-0.15, -0.1) is 0 Å². The predicted octanol–water partition coefficient (Wildman–Crippen LogP) is 6.28. The first-order valence-electron chi connectivity index (χ1n) is 14.3. The number of hydrogen-bond donors (Lipinski definition) is 1. The minimum absolute atomic E-state index is 0.00181. The van der Waals surface area contributed by atoms with E-state index in [1.807, 2.05) is 37.3 Å². The van der Waals surface area contributed by atoms with E-state index in [1.54, 1.807) is 61.5 Å². The lowest BCUT2D eigenvalue weighted by atomic mass is 10.0. The Kier molecular flexibility index (Phi) is 11.5. The second-order valence-corrected chi connectivity index (χ2v) is 13.0. The zero-order chi connectivity index (χ0) is 32.6. The molecule has 1 N–H and O–H groups in total. The highest BCUT2D eigenvalue weighted by Gasteiger charge is 2.35. The van der Waals surface area contributed by atoms with Crippen LogP contribution in [0, 0.1) is 6.92 Å². The number of anilines is 1. The highest BCUT2D eigenvalue weighted by atomic mass is 35.5. The van der Waals surface area contributed by atoms with Crippen molar-refractivity contribution in [2.45, 2.75) is 37.8 Å². The van der Waals surface area contributed by atoms with Gasteiger partial charge in [-0.1, -0.05) is 83.9 Å². The molecule has 4 aromatic rings. The van der Waals surface area contributed by atoms with Crippen LogP contribution in [-0.2, 0) is 32.6 Å². The summed E-state index contributed by atoms with van der Waals surface area (Å²) in [5.74, 6) is -0.704. The zero-order valence-corrected chi connectivity index (χ0v) is 27.6. The van der Waals surface area contributed by atoms with Gasteiger partial charge in [-0.3, -0.25) is 13.9 Å². The van der Waals surface area contributed by atoms with Gasteiger partial charge in [0, 0.05) is 19.5 Å². The van der Waals surface area contributed by atoms with Crippen molar-refractivity contribution in [1.82, 2.24) is 10.2 Å². The van der Waals surface area contributed by atoms with Crippen LogP contribution in [0.5, 0.6) is 5.75 Å². The third-order valence-electron chi connectivity index (χ3n) is 7.17. The number of benzene rings is 4. The van der Waals surface area contributed by atoms with E-state index >= 15 is 0 Å². The van der Waals surface area contributed by atoms with Crippen molar-refractivity contribution in [3.05, 3.63) is 124 Å². The number of aryl methyl sites for hydroxylation is 1. The zero-order valence-electron chi connectivity index (χ0n) is 25.2. The topological polar surface area (TPSA) is 96.0 Å². The Morgan fingerprint density at radius 1 is 0.867 bits per heavy atom. The summed E-state index contributed by atoms with van der Waals surface area (Å²) in [4.78, 5) is 29.5. The number of rotatable bonds is 13. The lowest BCUT2D eigenvalue weighted by molar-refractivity contribution is -0.140. The molecule has 1 atom stereocenters. The van der Waals surface area contributed by atoms with E-state index in [1.165, 1.54) is 24.1 Å². The molecule has 0 unspecified atom stereocenters. The Morgan fingerprint density at radius 3 is 2.16 bits per heavy atom. The minimum atomic E-state index is -4.27. The monoisotopic (exact) mass is 667 g/mol. The number of likely N-dealkylation sites (N-methyl/N-ethyl adjacent to an activating group) is 1. The van der Waals surface area contributed by atoms with Gasteiger partial charge in [0.15, 0.2) is 0 Å². The van der Waals surface area contributed by atoms with E-state index in [0.717, 1.165) is 15.4 Å². The molecular formula is C34H35Cl2N3O5S. The smallest absolute Gasteiger partial charge is 0.264 e. The quantitative estimate of drug-likeness (QED) is 0.181. The molecule has 0 aliphatic rings. The van der Waals surface area contributed by atoms with Crippen molar-refractivity contribution >= 4 is 50.7 Å². The van der Waals surface area contributed by atoms with Crippen molar-refractivity contribution in [3.8, 4) is 5.75 Å². The fraction of sp³-hybridized carbons (Fsp3) is 0.235. The molecule has 2 amide bonds. The molecule has 0 fully saturated rings. The maximum absolute atomic E-state index is 14.5. The van der Waals surface area contributed by atoms with Gasteiger partial charge < -0.3 is 15.0 Å². The number of amides is 2. The van der Waals surface area contributed by atoms with Gasteiger partial charge in [0.05, 0.1) is 27.7 Å². The molecule has 4 rings (SSSR count). The fourth-order valence-corrected chi connectivity index (χ4v) is 6.67. The summed E-state index contributed by atoms with van der Waals surface area (Å²) in [5, 5.41) is 3.47. The van der Waals surface area contributed by atoms with Gasteiger partial charge in [-0.05, 0) is 66.9 Å². The molecule has 0 spiro atoms. The molecule has 0 bridgehead atoms. The standard InChI is InChI=1S/C34H35Cl2N3O5S/c1-4-37-34(41)31(21-25-11-7-5-8-12-25)38(22-26-16-17-28(35)29(36)20-26)33(40)23-39(30-19-24(2)15-18-32(30)44-3)45(42,43)27-13-9-6-10-14-27/h5-20,31H,4,21-23H2,1-3H3,(H,37,41)/t31-/m0/s1. The Morgan fingerprint density at radius 2 is 1.53 bits per heavy atom. The average Bonchev–Trinajstić information content (AvgIpc) is 3.04. The Balaban J connectivity index is 1.85. The largest absolute Gasteiger partial charge is 0.495 e. The molecule has 0 saturated carbocycles. The molecule has 8 nitrogen and oxygen atoms in total. The molecule has 0 saturated heterocycles. The summed E-state index contributed by atoms with van der Waals surface area (Å²) in [6.45, 7) is 3.31. The van der Waals surface area contributed by atoms with Gasteiger partial charge in [0.2, 0.25) is 11.8 Å². The lowest BCUT2D eigenvalue weighted by Gasteiger charge is -2.34. The first kappa shape index (κ1) is 33.8. The van der Waals surface area contributed by atoms with Crippen molar-refractivity contribution in [2.24, 2.45) is 0 Å². The second-order valence-electron chi connectivity index (χ2n) is 10.4. The van der Waals surface area contributed by atoms with Crippen molar-refractivity contribution in [2.75, 3.05) is 24.5 Å². The van der Waals surface area contributed by atoms with Crippen molar-refractivity contribution < 1.29 is 22.7 Å². The number of hydrogen-bond acceptors (Lipinski definition) is 5. The SMILES string of the molecule is CCNC(=O)[C@H](Cc1ccccc1)N(Cc1ccc(Cl)c(Cl)c1)C(=O)CN(c1cc(C)ccc1OC)S(=O)(=O)c1ccccc1. The maximum Gasteiger partial charge on any atom is 0.264 e. The van der Waals surface area contributed by atoms with Crippen LogP contribution in [0.15, 0.2) is 102 Å². The number of ether oxygens (including phenoxy) is 1. The van der Waals surface area contributed by atoms with E-state index in [-0.39, 0.29) is 40.2 Å². The normalized spacial score (nSPS) is 11.8. The first-order valence-corrected chi connectivity index (χ1v) is 16.5. The summed E-state index contributed by atoms with van der Waals surface area (Å²) in [6.07, 6.45) is 0.193. The van der Waals surface area contributed by atoms with Crippen LogP contribution >= 0.6 is 23.2 Å². The van der Waals surface area contributed by atoms with Crippen LogP contribution in [0.3, 0.4) is 0 Å². The molecule has 0 heterocycles. The van der Waals surface area contributed by atoms with Gasteiger partial charge in [-0.25, -0.2) is 8.42 Å². The van der Waals surface area contributed by atoms with E-state index in [9.17, 15) is 18.0 Å². The van der Waals surface area contributed by atoms with Crippen molar-refractivity contribution in [1.29, 1.82) is 0 Å². The third-order valence-corrected chi connectivity index (χ3v) is 9.69. The van der Waals surface area contributed by atoms with Gasteiger partial charge in [0.1, 0.15) is 18.3 Å². The number of nitrogens with zero attached hydrogens (tertiary/aromatic N) is 2. The first-order chi connectivity index (χ1) is 21.5. The number of nitrogens with one attached hydrogen (secondary N) is 1. The van der Waals surface area contributed by atoms with Crippen LogP contribution in [0.25, 0.3) is 0 Å². The number of carbonyl (C=O) groups excluding carboxylic acids is 2. The predicted molar refractivity (Wildman–Crippen MR) is 178 cm³/mol. The van der Waals surface area contributed by atoms with E-state index in [4.69, 9.17) is 27.9 Å². The van der Waals surface area contributed by atoms with Gasteiger partial charge in [-0.2, -0.15) is 0 Å². The molecule has 4 aromatic carbocycles. The van der Waals surface area contributed by atoms with Crippen LogP contribution < -0.4 is 14.4 Å². The molecule has 11 heteroatoms. The second kappa shape index (κ2) is 15.3.